The van der Waals surface area contributed by atoms with E-state index in [0.29, 0.717) is 0 Å². The molecule has 0 atom stereocenters. The highest BCUT2D eigenvalue weighted by Crippen LogP contribution is 1.87. The van der Waals surface area contributed by atoms with Crippen molar-refractivity contribution in [2.75, 3.05) is 0 Å². The van der Waals surface area contributed by atoms with Crippen molar-refractivity contribution in [3.05, 3.63) is 0 Å². The molecule has 0 aromatic carbocycles. The van der Waals surface area contributed by atoms with Crippen LogP contribution < -0.4 is 0 Å². The first-order valence-corrected chi connectivity index (χ1v) is 19.0. The zero-order valence-electron chi connectivity index (χ0n) is 47.1. The molecule has 0 aromatic rings. The molecule has 0 fully saturated rings. The largest absolute Gasteiger partial charge is 0.481 e. The maximum Gasteiger partial charge on any atom is 0.303 e. The summed E-state index contributed by atoms with van der Waals surface area (Å²) >= 11 is 0. The van der Waals surface area contributed by atoms with Crippen LogP contribution in [-0.4, -0.2) is 216 Å². The van der Waals surface area contributed by atoms with Crippen LogP contribution in [0.5, 0.6) is 0 Å². The van der Waals surface area contributed by atoms with Gasteiger partial charge < -0.3 is 102 Å². The van der Waals surface area contributed by atoms with Gasteiger partial charge in [0.25, 0.3) is 107 Å². The van der Waals surface area contributed by atoms with Crippen LogP contribution in [0.1, 0.15) is 144 Å². The number of carboxylic acid groups (broad SMARTS) is 19. The molecular formula is C41H80O39. The van der Waals surface area contributed by atoms with Gasteiger partial charge in [0.1, 0.15) is 5.78 Å². The summed E-state index contributed by atoms with van der Waals surface area (Å²) < 4.78 is 0. The summed E-state index contributed by atoms with van der Waals surface area (Å²) in [6, 6.07) is 0. The van der Waals surface area contributed by atoms with Crippen molar-refractivity contribution in [2.45, 2.75) is 144 Å². The van der Waals surface area contributed by atoms with Crippen LogP contribution in [0.25, 0.3) is 0 Å². The summed E-state index contributed by atoms with van der Waals surface area (Å²) in [6.45, 7) is 20.9. The number of aliphatic carboxylic acids is 19. The fourth-order valence-corrected chi connectivity index (χ4v) is 0.283. The van der Waals surface area contributed by atoms with E-state index in [0.717, 1.165) is 125 Å². The standard InChI is InChI=1S/C5H8O3.18C2H4O2/c1-4(6)2-3-5(7)8;18*1-2(3)4/h2-3H2,1H3,(H,7,8);18*1H3,(H,3,4). The van der Waals surface area contributed by atoms with Crippen molar-refractivity contribution >= 4 is 119 Å². The first kappa shape index (κ1) is 128. The van der Waals surface area contributed by atoms with E-state index in [1.807, 2.05) is 0 Å². The molecule has 0 bridgehead atoms. The molecule has 39 nitrogen and oxygen atoms in total. The number of carbonyl (C=O) groups is 20. The van der Waals surface area contributed by atoms with Crippen LogP contribution in [0.2, 0.25) is 0 Å². The number of ketones is 1. The van der Waals surface area contributed by atoms with Crippen molar-refractivity contribution in [1.82, 2.24) is 0 Å². The number of Topliss-reactive ketones (excluding diaryl/α,β-unsaturated/α-hetero) is 1. The Morgan fingerprint density at radius 1 is 0.150 bits per heavy atom. The Morgan fingerprint density at radius 2 is 0.200 bits per heavy atom. The maximum absolute atomic E-state index is 10.1. The minimum absolute atomic E-state index is 0.0463. The van der Waals surface area contributed by atoms with Gasteiger partial charge in [0.15, 0.2) is 0 Å². The number of carboxylic acids is 19. The van der Waals surface area contributed by atoms with E-state index >= 15 is 0 Å². The van der Waals surface area contributed by atoms with Gasteiger partial charge in [-0.1, -0.05) is 0 Å². The van der Waals surface area contributed by atoms with E-state index in [1.54, 1.807) is 0 Å². The molecule has 0 aliphatic rings. The summed E-state index contributed by atoms with van der Waals surface area (Å²) in [5, 5.41) is 142. The second-order valence-electron chi connectivity index (χ2n) is 10.9. The molecule has 0 heterocycles. The van der Waals surface area contributed by atoms with Crippen molar-refractivity contribution in [2.24, 2.45) is 0 Å². The summed E-state index contributed by atoms with van der Waals surface area (Å²) in [7, 11) is 0. The first-order valence-electron chi connectivity index (χ1n) is 19.0. The molecule has 0 saturated carbocycles. The van der Waals surface area contributed by atoms with E-state index in [2.05, 4.69) is 0 Å². The normalized spacial score (nSPS) is 6.49. The molecule has 0 aliphatic heterocycles. The van der Waals surface area contributed by atoms with E-state index in [4.69, 9.17) is 183 Å². The predicted octanol–water partition coefficient (Wildman–Crippen LogP) is 2.08. The minimum Gasteiger partial charge on any atom is -0.481 e. The van der Waals surface area contributed by atoms with Gasteiger partial charge in [0.2, 0.25) is 0 Å². The Balaban J connectivity index is -0.0000000290. The van der Waals surface area contributed by atoms with E-state index in [-0.39, 0.29) is 18.6 Å². The molecule has 80 heavy (non-hydrogen) atoms. The highest BCUT2D eigenvalue weighted by Gasteiger charge is 1.97. The molecule has 0 spiro atoms. The van der Waals surface area contributed by atoms with Crippen LogP contribution in [0.15, 0.2) is 0 Å². The Hall–Kier alpha value is -10.4. The fraction of sp³-hybridized carbons (Fsp3) is 0.512. The summed E-state index contributed by atoms with van der Waals surface area (Å²) in [6.07, 6.45) is 0.102. The van der Waals surface area contributed by atoms with Gasteiger partial charge in [0, 0.05) is 131 Å². The average Bonchev–Trinajstić information content (AvgIpc) is 3.03. The van der Waals surface area contributed by atoms with Crippen LogP contribution in [0.4, 0.5) is 0 Å². The second-order valence-corrected chi connectivity index (χ2v) is 10.9. The smallest absolute Gasteiger partial charge is 0.303 e. The van der Waals surface area contributed by atoms with Gasteiger partial charge in [-0.3, -0.25) is 91.1 Å². The summed E-state index contributed by atoms with van der Waals surface area (Å²) in [5.41, 5.74) is 0. The molecule has 39 heteroatoms. The summed E-state index contributed by atoms with van der Waals surface area (Å²) in [4.78, 5) is 182. The topological polar surface area (TPSA) is 726 Å². The van der Waals surface area contributed by atoms with Crippen LogP contribution in [0.3, 0.4) is 0 Å². The molecule has 0 unspecified atom stereocenters. The van der Waals surface area contributed by atoms with Crippen LogP contribution in [0, 0.1) is 0 Å². The molecule has 19 N–H and O–H groups in total. The molecule has 0 amide bonds. The average molecular weight is 1200 g/mol. The van der Waals surface area contributed by atoms with Gasteiger partial charge in [-0.25, -0.2) is 0 Å². The van der Waals surface area contributed by atoms with Gasteiger partial charge >= 0.3 is 5.97 Å². The Bertz CT molecular complexity index is 1150. The molecule has 0 saturated heterocycles. The monoisotopic (exact) mass is 1200 g/mol. The van der Waals surface area contributed by atoms with Crippen LogP contribution in [-0.2, 0) is 95.9 Å². The second kappa shape index (κ2) is 118. The van der Waals surface area contributed by atoms with E-state index < -0.39 is 113 Å². The molecule has 0 radical (unpaired) electrons. The zero-order chi connectivity index (χ0) is 71.0. The van der Waals surface area contributed by atoms with Gasteiger partial charge in [0.05, 0.1) is 6.42 Å². The van der Waals surface area contributed by atoms with Crippen molar-refractivity contribution in [1.29, 1.82) is 0 Å². The van der Waals surface area contributed by atoms with Crippen LogP contribution >= 0.6 is 0 Å². The van der Waals surface area contributed by atoms with Gasteiger partial charge in [-0.15, -0.1) is 0 Å². The third kappa shape index (κ3) is 10300. The maximum atomic E-state index is 10.1. The zero-order valence-corrected chi connectivity index (χ0v) is 47.1. The SMILES string of the molecule is CC(=O)CCC(=O)O.CC(=O)O.CC(=O)O.CC(=O)O.CC(=O)O.CC(=O)O.CC(=O)O.CC(=O)O.CC(=O)O.CC(=O)O.CC(=O)O.CC(=O)O.CC(=O)O.CC(=O)O.CC(=O)O.CC(=O)O.CC(=O)O.CC(=O)O.CC(=O)O. The lowest BCUT2D eigenvalue weighted by Gasteiger charge is -1.86. The van der Waals surface area contributed by atoms with Gasteiger partial charge in [-0.2, -0.15) is 0 Å². The lowest BCUT2D eigenvalue weighted by atomic mass is 10.2. The number of hydrogen-bond donors (Lipinski definition) is 19. The highest BCUT2D eigenvalue weighted by atomic mass is 16.4. The molecule has 0 aliphatic carbocycles. The minimum atomic E-state index is -0.916. The van der Waals surface area contributed by atoms with Gasteiger partial charge in [-0.05, 0) is 6.92 Å². The molecule has 0 aromatic heterocycles. The van der Waals surface area contributed by atoms with Crippen molar-refractivity contribution < 1.29 is 193 Å². The number of rotatable bonds is 3. The number of carbonyl (C=O) groups excluding carboxylic acids is 1. The lowest BCUT2D eigenvalue weighted by Crippen LogP contribution is -1.98. The fourth-order valence-electron chi connectivity index (χ4n) is 0.283. The van der Waals surface area contributed by atoms with Crippen molar-refractivity contribution in [3.8, 4) is 0 Å². The third-order valence-electron chi connectivity index (χ3n) is 0.691. The quantitative estimate of drug-likeness (QED) is 0.192. The third-order valence-corrected chi connectivity index (χ3v) is 0.691. The molecule has 0 rings (SSSR count). The first-order chi connectivity index (χ1) is 34.8. The molecule has 478 valence electrons. The Morgan fingerprint density at radius 3 is 0.212 bits per heavy atom. The number of hydrogen-bond acceptors (Lipinski definition) is 20. The highest BCUT2D eigenvalue weighted by molar-refractivity contribution is 5.80. The lowest BCUT2D eigenvalue weighted by molar-refractivity contribution is -0.138. The Labute approximate surface area is 456 Å². The molecular weight excluding hydrogens is 1120 g/mol. The Kier molecular flexibility index (Phi) is 188. The van der Waals surface area contributed by atoms with E-state index in [1.165, 1.54) is 6.92 Å². The van der Waals surface area contributed by atoms with Crippen molar-refractivity contribution in [3.63, 3.8) is 0 Å². The summed E-state index contributed by atoms with van der Waals surface area (Å²) in [5.74, 6) is -16.0. The predicted molar refractivity (Wildman–Crippen MR) is 267 cm³/mol. The van der Waals surface area contributed by atoms with E-state index in [9.17, 15) is 9.59 Å².